The lowest BCUT2D eigenvalue weighted by molar-refractivity contribution is 0.394. The number of nitrogens with one attached hydrogen (secondary N) is 1. The van der Waals surface area contributed by atoms with E-state index in [0.717, 1.165) is 11.1 Å². The number of aryl methyl sites for hydroxylation is 2. The van der Waals surface area contributed by atoms with Crippen molar-refractivity contribution >= 4 is 21.6 Å². The van der Waals surface area contributed by atoms with Crippen LogP contribution in [-0.2, 0) is 10.0 Å². The van der Waals surface area contributed by atoms with Gasteiger partial charge in [-0.25, -0.2) is 13.1 Å². The standard InChI is InChI=1S/C14H22ClNO2S/c1-5-14(6-2,10-15)16-19(17,18)13-8-7-11(3)12(4)9-13/h7-9,16H,5-6,10H2,1-4H3. The van der Waals surface area contributed by atoms with E-state index >= 15 is 0 Å². The molecule has 0 unspecified atom stereocenters. The van der Waals surface area contributed by atoms with Gasteiger partial charge in [0, 0.05) is 11.4 Å². The first-order chi connectivity index (χ1) is 8.80. The second kappa shape index (κ2) is 6.25. The number of rotatable bonds is 6. The van der Waals surface area contributed by atoms with Crippen LogP contribution in [0.2, 0.25) is 0 Å². The molecule has 108 valence electrons. The highest BCUT2D eigenvalue weighted by atomic mass is 35.5. The first kappa shape index (κ1) is 16.5. The molecule has 19 heavy (non-hydrogen) atoms. The van der Waals surface area contributed by atoms with E-state index in [0.29, 0.717) is 17.7 Å². The van der Waals surface area contributed by atoms with Crippen molar-refractivity contribution in [1.82, 2.24) is 4.72 Å². The molecule has 1 rings (SSSR count). The van der Waals surface area contributed by atoms with E-state index in [-0.39, 0.29) is 5.88 Å². The summed E-state index contributed by atoms with van der Waals surface area (Å²) in [5.41, 5.74) is 1.47. The van der Waals surface area contributed by atoms with Crippen LogP contribution in [0.1, 0.15) is 37.8 Å². The van der Waals surface area contributed by atoms with Crippen LogP contribution in [0, 0.1) is 13.8 Å². The first-order valence-electron chi connectivity index (χ1n) is 6.47. The third kappa shape index (κ3) is 3.71. The molecule has 0 saturated carbocycles. The van der Waals surface area contributed by atoms with Crippen molar-refractivity contribution in [2.75, 3.05) is 5.88 Å². The predicted octanol–water partition coefficient (Wildman–Crippen LogP) is 3.38. The zero-order valence-corrected chi connectivity index (χ0v) is 13.5. The van der Waals surface area contributed by atoms with Gasteiger partial charge in [-0.1, -0.05) is 19.9 Å². The highest BCUT2D eigenvalue weighted by molar-refractivity contribution is 7.89. The van der Waals surface area contributed by atoms with Gasteiger partial charge in [-0.15, -0.1) is 11.6 Å². The van der Waals surface area contributed by atoms with Gasteiger partial charge in [0.25, 0.3) is 0 Å². The third-order valence-electron chi connectivity index (χ3n) is 3.75. The smallest absolute Gasteiger partial charge is 0.207 e. The van der Waals surface area contributed by atoms with Crippen LogP contribution in [0.15, 0.2) is 23.1 Å². The van der Waals surface area contributed by atoms with E-state index < -0.39 is 15.6 Å². The molecule has 1 N–H and O–H groups in total. The van der Waals surface area contributed by atoms with Crippen LogP contribution in [-0.4, -0.2) is 19.8 Å². The fourth-order valence-corrected chi connectivity index (χ4v) is 3.99. The molecule has 3 nitrogen and oxygen atoms in total. The molecule has 0 amide bonds. The van der Waals surface area contributed by atoms with Gasteiger partial charge in [-0.05, 0) is 49.9 Å². The minimum atomic E-state index is -3.53. The Kier molecular flexibility index (Phi) is 5.42. The van der Waals surface area contributed by atoms with Crippen molar-refractivity contribution in [2.24, 2.45) is 0 Å². The number of hydrogen-bond acceptors (Lipinski definition) is 2. The Bertz CT molecular complexity index is 528. The normalized spacial score (nSPS) is 12.7. The van der Waals surface area contributed by atoms with E-state index in [1.807, 2.05) is 33.8 Å². The van der Waals surface area contributed by atoms with Gasteiger partial charge in [0.2, 0.25) is 10.0 Å². The highest BCUT2D eigenvalue weighted by Gasteiger charge is 2.31. The van der Waals surface area contributed by atoms with Crippen LogP contribution in [0.4, 0.5) is 0 Å². The van der Waals surface area contributed by atoms with Crippen LogP contribution >= 0.6 is 11.6 Å². The van der Waals surface area contributed by atoms with Gasteiger partial charge < -0.3 is 0 Å². The molecule has 0 atom stereocenters. The van der Waals surface area contributed by atoms with Crippen LogP contribution < -0.4 is 4.72 Å². The summed E-state index contributed by atoms with van der Waals surface area (Å²) >= 11 is 5.95. The van der Waals surface area contributed by atoms with Gasteiger partial charge in [0.15, 0.2) is 0 Å². The second-order valence-electron chi connectivity index (χ2n) is 4.97. The maximum Gasteiger partial charge on any atom is 0.241 e. The molecule has 0 aliphatic rings. The monoisotopic (exact) mass is 303 g/mol. The quantitative estimate of drug-likeness (QED) is 0.819. The Morgan fingerprint density at radius 2 is 1.74 bits per heavy atom. The third-order valence-corrected chi connectivity index (χ3v) is 5.84. The molecule has 0 aliphatic carbocycles. The van der Waals surface area contributed by atoms with Gasteiger partial charge in [-0.3, -0.25) is 0 Å². The fraction of sp³-hybridized carbons (Fsp3) is 0.571. The minimum absolute atomic E-state index is 0.268. The maximum absolute atomic E-state index is 12.4. The molecule has 0 bridgehead atoms. The zero-order chi connectivity index (χ0) is 14.7. The van der Waals surface area contributed by atoms with Crippen molar-refractivity contribution in [3.05, 3.63) is 29.3 Å². The summed E-state index contributed by atoms with van der Waals surface area (Å²) < 4.78 is 27.6. The van der Waals surface area contributed by atoms with Gasteiger partial charge in [-0.2, -0.15) is 0 Å². The minimum Gasteiger partial charge on any atom is -0.207 e. The molecule has 0 fully saturated rings. The number of benzene rings is 1. The van der Waals surface area contributed by atoms with Gasteiger partial charge >= 0.3 is 0 Å². The van der Waals surface area contributed by atoms with Crippen molar-refractivity contribution < 1.29 is 8.42 Å². The Morgan fingerprint density at radius 1 is 1.16 bits per heavy atom. The molecule has 0 aliphatic heterocycles. The van der Waals surface area contributed by atoms with E-state index in [1.54, 1.807) is 12.1 Å². The number of halogens is 1. The van der Waals surface area contributed by atoms with E-state index in [4.69, 9.17) is 11.6 Å². The van der Waals surface area contributed by atoms with Crippen molar-refractivity contribution in [2.45, 2.75) is 51.0 Å². The molecule has 0 radical (unpaired) electrons. The van der Waals surface area contributed by atoms with Crippen LogP contribution in [0.25, 0.3) is 0 Å². The van der Waals surface area contributed by atoms with Gasteiger partial charge in [0.05, 0.1) is 4.90 Å². The molecule has 0 saturated heterocycles. The summed E-state index contributed by atoms with van der Waals surface area (Å²) in [5, 5.41) is 0. The SMILES string of the molecule is CCC(CC)(CCl)NS(=O)(=O)c1ccc(C)c(C)c1. The molecule has 1 aromatic rings. The van der Waals surface area contributed by atoms with Gasteiger partial charge in [0.1, 0.15) is 0 Å². The summed E-state index contributed by atoms with van der Waals surface area (Å²) in [6.45, 7) is 7.74. The summed E-state index contributed by atoms with van der Waals surface area (Å²) in [6, 6.07) is 5.15. The van der Waals surface area contributed by atoms with E-state index in [1.165, 1.54) is 0 Å². The van der Waals surface area contributed by atoms with E-state index in [2.05, 4.69) is 4.72 Å². The summed E-state index contributed by atoms with van der Waals surface area (Å²) in [5.74, 6) is 0.268. The predicted molar refractivity (Wildman–Crippen MR) is 80.3 cm³/mol. The van der Waals surface area contributed by atoms with Crippen LogP contribution in [0.3, 0.4) is 0 Å². The lowest BCUT2D eigenvalue weighted by Gasteiger charge is -2.30. The lowest BCUT2D eigenvalue weighted by atomic mass is 9.97. The lowest BCUT2D eigenvalue weighted by Crippen LogP contribution is -2.49. The molecule has 0 heterocycles. The first-order valence-corrected chi connectivity index (χ1v) is 8.49. The Morgan fingerprint density at radius 3 is 2.16 bits per heavy atom. The Hall–Kier alpha value is -0.580. The topological polar surface area (TPSA) is 46.2 Å². The zero-order valence-electron chi connectivity index (χ0n) is 12.0. The molecule has 0 spiro atoms. The fourth-order valence-electron chi connectivity index (χ4n) is 1.84. The molecular formula is C14H22ClNO2S. The number of hydrogen-bond donors (Lipinski definition) is 1. The number of sulfonamides is 1. The van der Waals surface area contributed by atoms with Crippen molar-refractivity contribution in [3.8, 4) is 0 Å². The summed E-state index contributed by atoms with van der Waals surface area (Å²) in [4.78, 5) is 0.298. The average Bonchev–Trinajstić information content (AvgIpc) is 2.39. The Balaban J connectivity index is 3.14. The maximum atomic E-state index is 12.4. The summed E-state index contributed by atoms with van der Waals surface area (Å²) in [7, 11) is -3.53. The molecule has 5 heteroatoms. The van der Waals surface area contributed by atoms with Crippen molar-refractivity contribution in [3.63, 3.8) is 0 Å². The average molecular weight is 304 g/mol. The van der Waals surface area contributed by atoms with Crippen LogP contribution in [0.5, 0.6) is 0 Å². The number of alkyl halides is 1. The van der Waals surface area contributed by atoms with E-state index in [9.17, 15) is 8.42 Å². The summed E-state index contributed by atoms with van der Waals surface area (Å²) in [6.07, 6.45) is 1.33. The largest absolute Gasteiger partial charge is 0.241 e. The molecular weight excluding hydrogens is 282 g/mol. The highest BCUT2D eigenvalue weighted by Crippen LogP contribution is 2.22. The Labute approximate surface area is 121 Å². The second-order valence-corrected chi connectivity index (χ2v) is 6.92. The van der Waals surface area contributed by atoms with Crippen molar-refractivity contribution in [1.29, 1.82) is 0 Å². The molecule has 0 aromatic heterocycles. The molecule has 1 aromatic carbocycles.